The van der Waals surface area contributed by atoms with Crippen molar-refractivity contribution in [3.05, 3.63) is 40.7 Å². The minimum Gasteiger partial charge on any atom is -0.497 e. The molecule has 0 fully saturated rings. The summed E-state index contributed by atoms with van der Waals surface area (Å²) in [4.78, 5) is 5.35. The van der Waals surface area contributed by atoms with E-state index in [1.54, 1.807) is 16.6 Å². The average molecular weight is 352 g/mol. The standard InChI is InChI=1S/C14H16N4O3S2/c1-9-13(18-14(16-9)22-10(2)17-18)8-15-23(19,20)12-6-4-11(21-3)5-7-12/h4-7,15H,8H2,1-3H3. The Balaban J connectivity index is 1.84. The molecule has 0 unspecified atom stereocenters. The number of nitrogens with one attached hydrogen (secondary N) is 1. The van der Waals surface area contributed by atoms with Crippen LogP contribution in [0.1, 0.15) is 16.4 Å². The second kappa shape index (κ2) is 5.91. The zero-order valence-corrected chi connectivity index (χ0v) is 14.5. The minimum atomic E-state index is -3.61. The molecule has 7 nitrogen and oxygen atoms in total. The van der Waals surface area contributed by atoms with Gasteiger partial charge in [-0.15, -0.1) is 0 Å². The number of fused-ring (bicyclic) bond motifs is 1. The monoisotopic (exact) mass is 352 g/mol. The summed E-state index contributed by atoms with van der Waals surface area (Å²) < 4.78 is 34.1. The number of rotatable bonds is 5. The van der Waals surface area contributed by atoms with Gasteiger partial charge in [-0.1, -0.05) is 11.3 Å². The van der Waals surface area contributed by atoms with Gasteiger partial charge in [0, 0.05) is 0 Å². The number of hydrogen-bond acceptors (Lipinski definition) is 6. The van der Waals surface area contributed by atoms with Crippen molar-refractivity contribution in [1.82, 2.24) is 19.3 Å². The second-order valence-electron chi connectivity index (χ2n) is 4.96. The predicted octanol–water partition coefficient (Wildman–Crippen LogP) is 1.89. The van der Waals surface area contributed by atoms with Crippen LogP contribution in [0.15, 0.2) is 29.2 Å². The van der Waals surface area contributed by atoms with Crippen LogP contribution in [0, 0.1) is 13.8 Å². The van der Waals surface area contributed by atoms with Crippen LogP contribution in [0.2, 0.25) is 0 Å². The Morgan fingerprint density at radius 1 is 1.26 bits per heavy atom. The van der Waals surface area contributed by atoms with Crippen molar-refractivity contribution in [3.63, 3.8) is 0 Å². The lowest BCUT2D eigenvalue weighted by Gasteiger charge is -2.07. The van der Waals surface area contributed by atoms with E-state index in [-0.39, 0.29) is 11.4 Å². The summed E-state index contributed by atoms with van der Waals surface area (Å²) in [6, 6.07) is 6.24. The van der Waals surface area contributed by atoms with Gasteiger partial charge in [0.05, 0.1) is 29.9 Å². The van der Waals surface area contributed by atoms with Gasteiger partial charge in [0.2, 0.25) is 15.0 Å². The Morgan fingerprint density at radius 3 is 2.61 bits per heavy atom. The number of imidazole rings is 1. The quantitative estimate of drug-likeness (QED) is 0.758. The van der Waals surface area contributed by atoms with Gasteiger partial charge in [0.25, 0.3) is 0 Å². The number of aromatic nitrogens is 3. The average Bonchev–Trinajstić information content (AvgIpc) is 3.00. The van der Waals surface area contributed by atoms with E-state index in [4.69, 9.17) is 4.74 Å². The predicted molar refractivity (Wildman–Crippen MR) is 87.4 cm³/mol. The number of ether oxygens (including phenoxy) is 1. The first-order valence-corrected chi connectivity index (χ1v) is 9.16. The van der Waals surface area contributed by atoms with E-state index in [1.807, 2.05) is 13.8 Å². The number of sulfonamides is 1. The van der Waals surface area contributed by atoms with Crippen LogP contribution in [0.4, 0.5) is 0 Å². The van der Waals surface area contributed by atoms with E-state index in [2.05, 4.69) is 14.8 Å². The number of benzene rings is 1. The Hall–Kier alpha value is -1.97. The molecule has 1 aromatic carbocycles. The van der Waals surface area contributed by atoms with Gasteiger partial charge >= 0.3 is 0 Å². The van der Waals surface area contributed by atoms with E-state index >= 15 is 0 Å². The zero-order valence-electron chi connectivity index (χ0n) is 12.9. The molecule has 2 heterocycles. The molecule has 3 aromatic rings. The minimum absolute atomic E-state index is 0.129. The van der Waals surface area contributed by atoms with Crippen LogP contribution in [0.25, 0.3) is 4.96 Å². The lowest BCUT2D eigenvalue weighted by molar-refractivity contribution is 0.414. The molecule has 0 radical (unpaired) electrons. The lowest BCUT2D eigenvalue weighted by Crippen LogP contribution is -2.24. The van der Waals surface area contributed by atoms with Crippen molar-refractivity contribution in [1.29, 1.82) is 0 Å². The molecule has 9 heteroatoms. The van der Waals surface area contributed by atoms with Crippen LogP contribution in [0.5, 0.6) is 5.75 Å². The highest BCUT2D eigenvalue weighted by atomic mass is 32.2. The van der Waals surface area contributed by atoms with Gasteiger partial charge in [0.1, 0.15) is 10.8 Å². The van der Waals surface area contributed by atoms with Crippen LogP contribution in [-0.2, 0) is 16.6 Å². The molecule has 3 rings (SSSR count). The number of hydrogen-bond donors (Lipinski definition) is 1. The summed E-state index contributed by atoms with van der Waals surface area (Å²) in [5, 5.41) is 5.23. The van der Waals surface area contributed by atoms with Crippen molar-refractivity contribution < 1.29 is 13.2 Å². The van der Waals surface area contributed by atoms with Crippen molar-refractivity contribution in [2.75, 3.05) is 7.11 Å². The molecule has 0 atom stereocenters. The third-order valence-corrected chi connectivity index (χ3v) is 5.64. The van der Waals surface area contributed by atoms with Crippen molar-refractivity contribution in [3.8, 4) is 5.75 Å². The smallest absolute Gasteiger partial charge is 0.240 e. The normalized spacial score (nSPS) is 12.0. The largest absolute Gasteiger partial charge is 0.497 e. The van der Waals surface area contributed by atoms with Crippen molar-refractivity contribution >= 4 is 26.3 Å². The van der Waals surface area contributed by atoms with Crippen molar-refractivity contribution in [2.45, 2.75) is 25.3 Å². The fraction of sp³-hybridized carbons (Fsp3) is 0.286. The fourth-order valence-electron chi connectivity index (χ4n) is 2.19. The molecular weight excluding hydrogens is 336 g/mol. The Labute approximate surface area is 138 Å². The molecule has 23 heavy (non-hydrogen) atoms. The molecule has 122 valence electrons. The van der Waals surface area contributed by atoms with Gasteiger partial charge in [-0.2, -0.15) is 5.10 Å². The van der Waals surface area contributed by atoms with E-state index < -0.39 is 10.0 Å². The molecule has 2 aromatic heterocycles. The first-order valence-electron chi connectivity index (χ1n) is 6.86. The first kappa shape index (κ1) is 15.9. The van der Waals surface area contributed by atoms with E-state index in [0.717, 1.165) is 21.4 Å². The number of nitrogens with zero attached hydrogens (tertiary/aromatic N) is 3. The molecule has 0 aliphatic rings. The van der Waals surface area contributed by atoms with Crippen LogP contribution < -0.4 is 9.46 Å². The summed E-state index contributed by atoms with van der Waals surface area (Å²) in [6.07, 6.45) is 0. The third kappa shape index (κ3) is 3.07. The molecule has 0 saturated carbocycles. The van der Waals surface area contributed by atoms with Crippen LogP contribution >= 0.6 is 11.3 Å². The SMILES string of the molecule is COc1ccc(S(=O)(=O)NCc2c(C)nc3sc(C)nn23)cc1. The number of methoxy groups -OCH3 is 1. The first-order chi connectivity index (χ1) is 10.9. The second-order valence-corrected chi connectivity index (χ2v) is 7.89. The van der Waals surface area contributed by atoms with Crippen LogP contribution in [-0.4, -0.2) is 30.1 Å². The Morgan fingerprint density at radius 2 is 1.96 bits per heavy atom. The lowest BCUT2D eigenvalue weighted by atomic mass is 10.3. The van der Waals surface area contributed by atoms with Crippen LogP contribution in [0.3, 0.4) is 0 Å². The Kier molecular flexibility index (Phi) is 4.09. The molecule has 0 amide bonds. The summed E-state index contributed by atoms with van der Waals surface area (Å²) >= 11 is 1.47. The zero-order chi connectivity index (χ0) is 16.6. The highest BCUT2D eigenvalue weighted by Crippen LogP contribution is 2.19. The third-order valence-electron chi connectivity index (χ3n) is 3.40. The van der Waals surface area contributed by atoms with E-state index in [1.165, 1.54) is 30.6 Å². The molecule has 1 N–H and O–H groups in total. The maximum absolute atomic E-state index is 12.4. The van der Waals surface area contributed by atoms with Crippen molar-refractivity contribution in [2.24, 2.45) is 0 Å². The molecule has 0 aliphatic heterocycles. The molecule has 0 spiro atoms. The maximum Gasteiger partial charge on any atom is 0.240 e. The highest BCUT2D eigenvalue weighted by molar-refractivity contribution is 7.89. The van der Waals surface area contributed by atoms with E-state index in [0.29, 0.717) is 5.75 Å². The summed E-state index contributed by atoms with van der Waals surface area (Å²) in [5.74, 6) is 0.607. The van der Waals surface area contributed by atoms with Gasteiger partial charge < -0.3 is 4.74 Å². The fourth-order valence-corrected chi connectivity index (χ4v) is 3.99. The maximum atomic E-state index is 12.4. The Bertz CT molecular complexity index is 942. The van der Waals surface area contributed by atoms with Gasteiger partial charge in [-0.05, 0) is 38.1 Å². The summed E-state index contributed by atoms with van der Waals surface area (Å²) in [6.45, 7) is 3.86. The van der Waals surface area contributed by atoms with Gasteiger partial charge in [-0.3, -0.25) is 0 Å². The topological polar surface area (TPSA) is 85.6 Å². The van der Waals surface area contributed by atoms with Gasteiger partial charge in [-0.25, -0.2) is 22.6 Å². The summed E-state index contributed by atoms with van der Waals surface area (Å²) in [5.41, 5.74) is 1.50. The molecule has 0 bridgehead atoms. The highest BCUT2D eigenvalue weighted by Gasteiger charge is 2.18. The van der Waals surface area contributed by atoms with Gasteiger partial charge in [0.15, 0.2) is 0 Å². The molecule has 0 aliphatic carbocycles. The van der Waals surface area contributed by atoms with E-state index in [9.17, 15) is 8.42 Å². The molecule has 0 saturated heterocycles. The number of aryl methyl sites for hydroxylation is 2. The molecular formula is C14H16N4O3S2. The summed E-state index contributed by atoms with van der Waals surface area (Å²) in [7, 11) is -2.08.